The van der Waals surface area contributed by atoms with Crippen molar-refractivity contribution in [3.05, 3.63) is 142 Å². The number of nitrogens with zero attached hydrogens (tertiary/aromatic N) is 3. The quantitative estimate of drug-likeness (QED) is 0.103. The summed E-state index contributed by atoms with van der Waals surface area (Å²) in [6.07, 6.45) is 3.09. The molecule has 0 aromatic heterocycles. The Labute approximate surface area is 298 Å². The van der Waals surface area contributed by atoms with Gasteiger partial charge in [0, 0.05) is 55.9 Å². The summed E-state index contributed by atoms with van der Waals surface area (Å²) in [5, 5.41) is 0.662. The average Bonchev–Trinajstić information content (AvgIpc) is 3.13. The zero-order chi connectivity index (χ0) is 35.5. The summed E-state index contributed by atoms with van der Waals surface area (Å²) in [5.74, 6) is -0.539. The van der Waals surface area contributed by atoms with Gasteiger partial charge in [-0.05, 0) is 77.6 Å². The highest BCUT2D eigenvalue weighted by Crippen LogP contribution is 2.29. The van der Waals surface area contributed by atoms with E-state index in [0.29, 0.717) is 43.2 Å². The Morgan fingerprint density at radius 1 is 0.800 bits per heavy atom. The van der Waals surface area contributed by atoms with Gasteiger partial charge in [0.25, 0.3) is 0 Å². The maximum atomic E-state index is 14.5. The average molecular weight is 702 g/mol. The van der Waals surface area contributed by atoms with E-state index in [2.05, 4.69) is 24.0 Å². The van der Waals surface area contributed by atoms with Crippen molar-refractivity contribution in [3.8, 4) is 0 Å². The third-order valence-electron chi connectivity index (χ3n) is 9.10. The summed E-state index contributed by atoms with van der Waals surface area (Å²) >= 11 is 6.09. The molecule has 2 amide bonds. The zero-order valence-corrected chi connectivity index (χ0v) is 29.0. The number of piperazine rings is 1. The van der Waals surface area contributed by atoms with Gasteiger partial charge in [-0.25, -0.2) is 0 Å². The van der Waals surface area contributed by atoms with Gasteiger partial charge in [-0.15, -0.1) is 0 Å². The van der Waals surface area contributed by atoms with Crippen LogP contribution in [0.2, 0.25) is 5.02 Å². The Morgan fingerprint density at radius 2 is 1.44 bits per heavy atom. The maximum absolute atomic E-state index is 14.5. The van der Waals surface area contributed by atoms with Crippen LogP contribution in [0.25, 0.3) is 6.08 Å². The first-order valence-electron chi connectivity index (χ1n) is 17.2. The molecule has 0 N–H and O–H groups in total. The molecule has 5 nitrogen and oxygen atoms in total. The molecular formula is C41H43ClF3N3O2. The Bertz CT molecular complexity index is 1700. The molecule has 0 spiro atoms. The van der Waals surface area contributed by atoms with E-state index in [-0.39, 0.29) is 12.5 Å². The van der Waals surface area contributed by atoms with E-state index in [0.717, 1.165) is 54.6 Å². The molecule has 1 heterocycles. The summed E-state index contributed by atoms with van der Waals surface area (Å²) in [6.45, 7) is 4.61. The van der Waals surface area contributed by atoms with Crippen LogP contribution in [0.4, 0.5) is 18.9 Å². The van der Waals surface area contributed by atoms with Gasteiger partial charge in [0.15, 0.2) is 0 Å². The first-order chi connectivity index (χ1) is 24.1. The molecule has 1 fully saturated rings. The standard InChI is InChI=1S/C41H43ClF3N3O2/c1-2-3-5-8-31-11-13-34(14-12-31)30-48(39(49)24-17-32-15-18-35(19-16-32)41(43,44)45)38(29-33-9-6-4-7-10-33)40(50)47-27-25-46(26-28-47)37-22-20-36(42)21-23-37/h4,6-7,9-24,38H,2-3,5,8,25-30H2,1H3/t38-/m0/s1. The molecule has 4 aromatic rings. The van der Waals surface area contributed by atoms with Crippen LogP contribution in [0.15, 0.2) is 109 Å². The fourth-order valence-electron chi connectivity index (χ4n) is 6.19. The van der Waals surface area contributed by atoms with E-state index < -0.39 is 23.7 Å². The largest absolute Gasteiger partial charge is 0.416 e. The minimum atomic E-state index is -4.45. The molecule has 4 aromatic carbocycles. The lowest BCUT2D eigenvalue weighted by atomic mass is 10.0. The summed E-state index contributed by atoms with van der Waals surface area (Å²) in [6, 6.07) is 29.3. The van der Waals surface area contributed by atoms with Gasteiger partial charge in [-0.3, -0.25) is 9.59 Å². The number of anilines is 1. The van der Waals surface area contributed by atoms with Gasteiger partial charge >= 0.3 is 6.18 Å². The van der Waals surface area contributed by atoms with Crippen molar-refractivity contribution in [2.24, 2.45) is 0 Å². The predicted molar refractivity (Wildman–Crippen MR) is 195 cm³/mol. The van der Waals surface area contributed by atoms with Crippen LogP contribution in [-0.2, 0) is 35.2 Å². The van der Waals surface area contributed by atoms with E-state index in [1.54, 1.807) is 4.90 Å². The molecule has 1 aliphatic rings. The number of alkyl halides is 3. The topological polar surface area (TPSA) is 43.9 Å². The molecule has 5 rings (SSSR count). The van der Waals surface area contributed by atoms with Crippen molar-refractivity contribution in [3.63, 3.8) is 0 Å². The van der Waals surface area contributed by atoms with Gasteiger partial charge in [0.1, 0.15) is 6.04 Å². The molecule has 0 aliphatic carbocycles. The fraction of sp³-hybridized carbons (Fsp3) is 0.317. The lowest BCUT2D eigenvalue weighted by Crippen LogP contribution is -2.56. The van der Waals surface area contributed by atoms with Crippen LogP contribution in [0, 0.1) is 0 Å². The number of rotatable bonds is 13. The Hall–Kier alpha value is -4.56. The van der Waals surface area contributed by atoms with Crippen molar-refractivity contribution in [2.45, 2.75) is 57.8 Å². The lowest BCUT2D eigenvalue weighted by molar-refractivity contribution is -0.144. The van der Waals surface area contributed by atoms with Crippen LogP contribution in [0.5, 0.6) is 0 Å². The second-order valence-corrected chi connectivity index (χ2v) is 13.1. The molecular weight excluding hydrogens is 659 g/mol. The van der Waals surface area contributed by atoms with Crippen molar-refractivity contribution in [2.75, 3.05) is 31.1 Å². The Kier molecular flexibility index (Phi) is 12.8. The third-order valence-corrected chi connectivity index (χ3v) is 9.35. The molecule has 1 atom stereocenters. The normalized spacial score (nSPS) is 14.2. The molecule has 50 heavy (non-hydrogen) atoms. The minimum absolute atomic E-state index is 0.142. The van der Waals surface area contributed by atoms with E-state index >= 15 is 0 Å². The summed E-state index contributed by atoms with van der Waals surface area (Å²) < 4.78 is 39.4. The number of hydrogen-bond acceptors (Lipinski definition) is 3. The van der Waals surface area contributed by atoms with E-state index in [1.165, 1.54) is 29.8 Å². The number of aryl methyl sites for hydroxylation is 1. The molecule has 0 radical (unpaired) electrons. The Balaban J connectivity index is 1.42. The highest BCUT2D eigenvalue weighted by atomic mass is 35.5. The smallest absolute Gasteiger partial charge is 0.368 e. The van der Waals surface area contributed by atoms with E-state index in [1.807, 2.05) is 71.6 Å². The fourth-order valence-corrected chi connectivity index (χ4v) is 6.32. The van der Waals surface area contributed by atoms with Crippen molar-refractivity contribution in [1.29, 1.82) is 0 Å². The van der Waals surface area contributed by atoms with Crippen molar-refractivity contribution < 1.29 is 22.8 Å². The molecule has 9 heteroatoms. The summed E-state index contributed by atoms with van der Waals surface area (Å²) in [7, 11) is 0. The van der Waals surface area contributed by atoms with E-state index in [4.69, 9.17) is 11.6 Å². The minimum Gasteiger partial charge on any atom is -0.368 e. The SMILES string of the molecule is CCCCCc1ccc(CN(C(=O)C=Cc2ccc(C(F)(F)F)cc2)[C@@H](Cc2ccccc2)C(=O)N2CCN(c3ccc(Cl)cc3)CC2)cc1. The van der Waals surface area contributed by atoms with Gasteiger partial charge in [-0.1, -0.05) is 98.1 Å². The number of carbonyl (C=O) groups is 2. The van der Waals surface area contributed by atoms with Crippen LogP contribution < -0.4 is 4.90 Å². The highest BCUT2D eigenvalue weighted by Gasteiger charge is 2.34. The van der Waals surface area contributed by atoms with E-state index in [9.17, 15) is 22.8 Å². The summed E-state index contributed by atoms with van der Waals surface area (Å²) in [4.78, 5) is 34.3. The first-order valence-corrected chi connectivity index (χ1v) is 17.6. The second-order valence-electron chi connectivity index (χ2n) is 12.7. The monoisotopic (exact) mass is 701 g/mol. The van der Waals surface area contributed by atoms with Gasteiger partial charge in [-0.2, -0.15) is 13.2 Å². The summed E-state index contributed by atoms with van der Waals surface area (Å²) in [5.41, 5.74) is 3.75. The predicted octanol–water partition coefficient (Wildman–Crippen LogP) is 9.09. The van der Waals surface area contributed by atoms with Gasteiger partial charge in [0.05, 0.1) is 5.56 Å². The number of amides is 2. The molecule has 0 saturated carbocycles. The number of carbonyl (C=O) groups excluding carboxylic acids is 2. The Morgan fingerprint density at radius 3 is 2.06 bits per heavy atom. The highest BCUT2D eigenvalue weighted by molar-refractivity contribution is 6.30. The lowest BCUT2D eigenvalue weighted by Gasteiger charge is -2.40. The molecule has 262 valence electrons. The van der Waals surface area contributed by atoms with Gasteiger partial charge < -0.3 is 14.7 Å². The molecule has 0 unspecified atom stereocenters. The first kappa shape index (κ1) is 36.7. The second kappa shape index (κ2) is 17.4. The van der Waals surface area contributed by atoms with Crippen LogP contribution in [-0.4, -0.2) is 53.8 Å². The number of benzene rings is 4. The number of hydrogen-bond donors (Lipinski definition) is 0. The third kappa shape index (κ3) is 10.2. The maximum Gasteiger partial charge on any atom is 0.416 e. The van der Waals surface area contributed by atoms with Crippen molar-refractivity contribution in [1.82, 2.24) is 9.80 Å². The molecule has 0 bridgehead atoms. The van der Waals surface area contributed by atoms with Crippen molar-refractivity contribution >= 4 is 35.2 Å². The molecule has 1 saturated heterocycles. The molecule has 1 aliphatic heterocycles. The van der Waals surface area contributed by atoms with Crippen LogP contribution >= 0.6 is 11.6 Å². The number of halogens is 4. The number of unbranched alkanes of at least 4 members (excludes halogenated alkanes) is 2. The van der Waals surface area contributed by atoms with Gasteiger partial charge in [0.2, 0.25) is 11.8 Å². The zero-order valence-electron chi connectivity index (χ0n) is 28.3. The van der Waals surface area contributed by atoms with Crippen LogP contribution in [0.1, 0.15) is 54.0 Å². The van der Waals surface area contributed by atoms with Crippen LogP contribution in [0.3, 0.4) is 0 Å².